The van der Waals surface area contributed by atoms with Gasteiger partial charge in [-0.15, -0.1) is 0 Å². The number of carbonyl (C=O) groups excluding carboxylic acids is 1. The van der Waals surface area contributed by atoms with Gasteiger partial charge in [-0.25, -0.2) is 0 Å². The molecule has 1 atom stereocenters. The van der Waals surface area contributed by atoms with Crippen LogP contribution in [0.2, 0.25) is 0 Å². The van der Waals surface area contributed by atoms with E-state index in [-0.39, 0.29) is 24.9 Å². The molecule has 0 bridgehead atoms. The van der Waals surface area contributed by atoms with Crippen LogP contribution < -0.4 is 0 Å². The van der Waals surface area contributed by atoms with Crippen molar-refractivity contribution in [3.8, 4) is 0 Å². The van der Waals surface area contributed by atoms with E-state index in [9.17, 15) is 9.59 Å². The monoisotopic (exact) mass is 264 g/mol. The molecular weight excluding hydrogens is 244 g/mol. The molecule has 19 heavy (non-hydrogen) atoms. The first-order valence-electron chi connectivity index (χ1n) is 6.45. The quantitative estimate of drug-likeness (QED) is 0.814. The number of pyridine rings is 1. The molecule has 1 heterocycles. The zero-order valence-electron chi connectivity index (χ0n) is 11.4. The predicted molar refractivity (Wildman–Crippen MR) is 71.7 cm³/mol. The van der Waals surface area contributed by atoms with Crippen LogP contribution in [0.4, 0.5) is 0 Å². The Hall–Kier alpha value is -1.91. The molecule has 5 heteroatoms. The van der Waals surface area contributed by atoms with Crippen LogP contribution in [0.5, 0.6) is 0 Å². The van der Waals surface area contributed by atoms with E-state index < -0.39 is 5.97 Å². The fourth-order valence-corrected chi connectivity index (χ4v) is 1.78. The summed E-state index contributed by atoms with van der Waals surface area (Å²) in [5, 5.41) is 8.86. The summed E-state index contributed by atoms with van der Waals surface area (Å²) in [6.07, 6.45) is 3.24. The Balaban J connectivity index is 2.59. The van der Waals surface area contributed by atoms with E-state index in [1.54, 1.807) is 6.20 Å². The van der Waals surface area contributed by atoms with Gasteiger partial charge in [0.15, 0.2) is 0 Å². The van der Waals surface area contributed by atoms with Gasteiger partial charge in [0.1, 0.15) is 6.54 Å². The molecule has 0 spiro atoms. The Morgan fingerprint density at radius 1 is 1.42 bits per heavy atom. The zero-order chi connectivity index (χ0) is 14.3. The number of amides is 1. The van der Waals surface area contributed by atoms with E-state index >= 15 is 0 Å². The number of nitrogens with zero attached hydrogens (tertiary/aromatic N) is 2. The Morgan fingerprint density at radius 3 is 2.68 bits per heavy atom. The first-order valence-corrected chi connectivity index (χ1v) is 6.45. The van der Waals surface area contributed by atoms with Gasteiger partial charge < -0.3 is 10.0 Å². The maximum Gasteiger partial charge on any atom is 0.323 e. The van der Waals surface area contributed by atoms with E-state index in [1.807, 2.05) is 32.0 Å². The van der Waals surface area contributed by atoms with Gasteiger partial charge in [0.2, 0.25) is 5.91 Å². The average molecular weight is 264 g/mol. The highest BCUT2D eigenvalue weighted by Crippen LogP contribution is 2.08. The molecule has 0 saturated heterocycles. The van der Waals surface area contributed by atoms with Crippen LogP contribution in [0, 0.1) is 0 Å². The van der Waals surface area contributed by atoms with E-state index in [0.29, 0.717) is 6.42 Å². The van der Waals surface area contributed by atoms with E-state index in [1.165, 1.54) is 4.90 Å². The summed E-state index contributed by atoms with van der Waals surface area (Å²) in [5.41, 5.74) is 0.843. The van der Waals surface area contributed by atoms with Crippen molar-refractivity contribution in [2.75, 3.05) is 6.54 Å². The lowest BCUT2D eigenvalue weighted by atomic mass is 10.1. The number of hydrogen-bond acceptors (Lipinski definition) is 3. The van der Waals surface area contributed by atoms with Gasteiger partial charge in [0.25, 0.3) is 0 Å². The summed E-state index contributed by atoms with van der Waals surface area (Å²) in [6, 6.07) is 5.49. The number of aromatic nitrogens is 1. The molecule has 1 unspecified atom stereocenters. The van der Waals surface area contributed by atoms with Gasteiger partial charge >= 0.3 is 5.97 Å². The third kappa shape index (κ3) is 5.07. The predicted octanol–water partition coefficient (Wildman–Crippen LogP) is 1.73. The van der Waals surface area contributed by atoms with Gasteiger partial charge in [-0.2, -0.15) is 0 Å². The van der Waals surface area contributed by atoms with E-state index in [0.717, 1.165) is 12.1 Å². The number of aliphatic carboxylic acids is 1. The molecule has 1 aromatic heterocycles. The van der Waals surface area contributed by atoms with Crippen LogP contribution >= 0.6 is 0 Å². The van der Waals surface area contributed by atoms with Crippen LogP contribution in [-0.4, -0.2) is 39.5 Å². The fraction of sp³-hybridized carbons (Fsp3) is 0.500. The topological polar surface area (TPSA) is 70.5 Å². The SMILES string of the molecule is CCC(C)N(CC(=O)O)C(=O)CCc1ccccn1. The zero-order valence-corrected chi connectivity index (χ0v) is 11.4. The Morgan fingerprint density at radius 2 is 2.16 bits per heavy atom. The molecule has 1 rings (SSSR count). The highest BCUT2D eigenvalue weighted by atomic mass is 16.4. The van der Waals surface area contributed by atoms with Gasteiger partial charge in [-0.3, -0.25) is 14.6 Å². The summed E-state index contributed by atoms with van der Waals surface area (Å²) in [7, 11) is 0. The van der Waals surface area contributed by atoms with Gasteiger partial charge in [0, 0.05) is 24.4 Å². The minimum atomic E-state index is -0.980. The molecule has 0 radical (unpaired) electrons. The lowest BCUT2D eigenvalue weighted by molar-refractivity contribution is -0.146. The maximum absolute atomic E-state index is 12.1. The van der Waals surface area contributed by atoms with Crippen molar-refractivity contribution >= 4 is 11.9 Å². The van der Waals surface area contributed by atoms with Crippen LogP contribution in [0.3, 0.4) is 0 Å². The molecule has 0 saturated carbocycles. The summed E-state index contributed by atoms with van der Waals surface area (Å²) in [5.74, 6) is -1.12. The third-order valence-electron chi connectivity index (χ3n) is 3.07. The molecule has 0 fully saturated rings. The molecule has 1 aromatic rings. The summed E-state index contributed by atoms with van der Waals surface area (Å²) >= 11 is 0. The lowest BCUT2D eigenvalue weighted by Gasteiger charge is -2.26. The number of aryl methyl sites for hydroxylation is 1. The Bertz CT molecular complexity index is 420. The van der Waals surface area contributed by atoms with Crippen LogP contribution in [0.25, 0.3) is 0 Å². The molecule has 1 amide bonds. The van der Waals surface area contributed by atoms with Crippen molar-refractivity contribution in [3.05, 3.63) is 30.1 Å². The molecule has 0 aromatic carbocycles. The van der Waals surface area contributed by atoms with Gasteiger partial charge in [-0.05, 0) is 31.9 Å². The normalized spacial score (nSPS) is 11.9. The number of rotatable bonds is 7. The smallest absolute Gasteiger partial charge is 0.323 e. The number of hydrogen-bond donors (Lipinski definition) is 1. The summed E-state index contributed by atoms with van der Waals surface area (Å²) in [4.78, 5) is 28.5. The van der Waals surface area contributed by atoms with Crippen molar-refractivity contribution in [1.82, 2.24) is 9.88 Å². The number of carbonyl (C=O) groups is 2. The molecule has 104 valence electrons. The average Bonchev–Trinajstić information content (AvgIpc) is 2.42. The second kappa shape index (κ2) is 7.51. The number of carboxylic acids is 1. The molecule has 5 nitrogen and oxygen atoms in total. The number of carboxylic acid groups (broad SMARTS) is 1. The minimum absolute atomic E-state index is 0.0627. The highest BCUT2D eigenvalue weighted by molar-refractivity contribution is 5.81. The summed E-state index contributed by atoms with van der Waals surface area (Å²) < 4.78 is 0. The minimum Gasteiger partial charge on any atom is -0.480 e. The first kappa shape index (κ1) is 15.1. The maximum atomic E-state index is 12.1. The molecule has 0 aliphatic carbocycles. The van der Waals surface area contributed by atoms with E-state index in [2.05, 4.69) is 4.98 Å². The van der Waals surface area contributed by atoms with Crippen molar-refractivity contribution in [2.24, 2.45) is 0 Å². The van der Waals surface area contributed by atoms with Gasteiger partial charge in [0.05, 0.1) is 0 Å². The van der Waals surface area contributed by atoms with Crippen molar-refractivity contribution < 1.29 is 14.7 Å². The lowest BCUT2D eigenvalue weighted by Crippen LogP contribution is -2.41. The highest BCUT2D eigenvalue weighted by Gasteiger charge is 2.21. The third-order valence-corrected chi connectivity index (χ3v) is 3.07. The second-order valence-corrected chi connectivity index (χ2v) is 4.49. The van der Waals surface area contributed by atoms with Crippen molar-refractivity contribution in [2.45, 2.75) is 39.2 Å². The van der Waals surface area contributed by atoms with Gasteiger partial charge in [-0.1, -0.05) is 13.0 Å². The Labute approximate surface area is 113 Å². The van der Waals surface area contributed by atoms with Crippen LogP contribution in [0.1, 0.15) is 32.4 Å². The fourth-order valence-electron chi connectivity index (χ4n) is 1.78. The first-order chi connectivity index (χ1) is 9.04. The molecule has 0 aliphatic heterocycles. The second-order valence-electron chi connectivity index (χ2n) is 4.49. The molecule has 1 N–H and O–H groups in total. The Kier molecular flexibility index (Phi) is 5.99. The molecule has 0 aliphatic rings. The summed E-state index contributed by atoms with van der Waals surface area (Å²) in [6.45, 7) is 3.56. The largest absolute Gasteiger partial charge is 0.480 e. The van der Waals surface area contributed by atoms with Crippen LogP contribution in [-0.2, 0) is 16.0 Å². The van der Waals surface area contributed by atoms with Crippen LogP contribution in [0.15, 0.2) is 24.4 Å². The van der Waals surface area contributed by atoms with Crippen molar-refractivity contribution in [3.63, 3.8) is 0 Å². The molecular formula is C14H20N2O3. The van der Waals surface area contributed by atoms with Crippen molar-refractivity contribution in [1.29, 1.82) is 0 Å². The van der Waals surface area contributed by atoms with E-state index in [4.69, 9.17) is 5.11 Å². The standard InChI is InChI=1S/C14H20N2O3/c1-3-11(2)16(10-14(18)19)13(17)8-7-12-6-4-5-9-15-12/h4-6,9,11H,3,7-8,10H2,1-2H3,(H,18,19).